The largest absolute Gasteiger partial charge is 0.469 e. The van der Waals surface area contributed by atoms with Crippen molar-refractivity contribution in [2.24, 2.45) is 0 Å². The number of anilines is 1. The zero-order valence-corrected chi connectivity index (χ0v) is 11.8. The van der Waals surface area contributed by atoms with Gasteiger partial charge in [-0.3, -0.25) is 0 Å². The minimum absolute atomic E-state index is 0.245. The van der Waals surface area contributed by atoms with Crippen LogP contribution in [0.2, 0.25) is 0 Å². The van der Waals surface area contributed by atoms with Gasteiger partial charge in [-0.1, -0.05) is 0 Å². The molecular weight excluding hydrogens is 254 g/mol. The second-order valence-electron chi connectivity index (χ2n) is 4.63. The Morgan fingerprint density at radius 1 is 1.30 bits per heavy atom. The first-order valence-corrected chi connectivity index (χ1v) is 6.75. The molecule has 1 N–H and O–H groups in total. The van der Waals surface area contributed by atoms with Crippen LogP contribution in [0, 0.1) is 0 Å². The van der Waals surface area contributed by atoms with E-state index in [1.165, 1.54) is 0 Å². The van der Waals surface area contributed by atoms with Crippen molar-refractivity contribution in [3.8, 4) is 0 Å². The van der Waals surface area contributed by atoms with Crippen molar-refractivity contribution in [1.82, 2.24) is 0 Å². The molecule has 0 spiro atoms. The van der Waals surface area contributed by atoms with Gasteiger partial charge in [-0.15, -0.1) is 0 Å². The molecule has 1 heterocycles. The number of furan rings is 1. The number of hydrogen-bond donors (Lipinski definition) is 1. The van der Waals surface area contributed by atoms with Crippen LogP contribution in [0.15, 0.2) is 47.1 Å². The lowest BCUT2D eigenvalue weighted by Gasteiger charge is -2.14. The summed E-state index contributed by atoms with van der Waals surface area (Å²) in [6.45, 7) is 4.27. The fourth-order valence-electron chi connectivity index (χ4n) is 1.98. The van der Waals surface area contributed by atoms with Crippen molar-refractivity contribution in [1.29, 1.82) is 0 Å². The summed E-state index contributed by atoms with van der Waals surface area (Å²) in [5.74, 6) is 0.663. The van der Waals surface area contributed by atoms with E-state index in [0.29, 0.717) is 12.2 Å². The van der Waals surface area contributed by atoms with Gasteiger partial charge >= 0.3 is 5.97 Å². The summed E-state index contributed by atoms with van der Waals surface area (Å²) in [5.41, 5.74) is 1.54. The van der Waals surface area contributed by atoms with Crippen molar-refractivity contribution in [2.45, 2.75) is 26.3 Å². The highest BCUT2D eigenvalue weighted by Crippen LogP contribution is 2.13. The number of nitrogens with one attached hydrogen (secondary N) is 1. The fourth-order valence-corrected chi connectivity index (χ4v) is 1.98. The van der Waals surface area contributed by atoms with E-state index in [0.717, 1.165) is 17.9 Å². The number of rotatable bonds is 6. The molecule has 2 aromatic rings. The number of ether oxygens (including phenoxy) is 1. The molecule has 4 heteroatoms. The Balaban J connectivity index is 1.91. The van der Waals surface area contributed by atoms with E-state index in [-0.39, 0.29) is 12.0 Å². The van der Waals surface area contributed by atoms with Crippen LogP contribution in [0.3, 0.4) is 0 Å². The van der Waals surface area contributed by atoms with E-state index in [4.69, 9.17) is 9.15 Å². The van der Waals surface area contributed by atoms with Gasteiger partial charge in [0, 0.05) is 18.2 Å². The first kappa shape index (κ1) is 14.2. The molecule has 0 saturated heterocycles. The Morgan fingerprint density at radius 2 is 2.05 bits per heavy atom. The average Bonchev–Trinajstić information content (AvgIpc) is 2.92. The van der Waals surface area contributed by atoms with E-state index >= 15 is 0 Å². The third-order valence-electron chi connectivity index (χ3n) is 2.90. The van der Waals surface area contributed by atoms with Crippen molar-refractivity contribution >= 4 is 11.7 Å². The summed E-state index contributed by atoms with van der Waals surface area (Å²) in [7, 11) is 0. The first-order chi connectivity index (χ1) is 9.69. The van der Waals surface area contributed by atoms with Gasteiger partial charge in [0.2, 0.25) is 0 Å². The van der Waals surface area contributed by atoms with Crippen molar-refractivity contribution in [3.05, 3.63) is 54.0 Å². The van der Waals surface area contributed by atoms with Gasteiger partial charge < -0.3 is 14.5 Å². The molecule has 0 radical (unpaired) electrons. The van der Waals surface area contributed by atoms with Gasteiger partial charge in [-0.05, 0) is 50.2 Å². The quantitative estimate of drug-likeness (QED) is 0.818. The van der Waals surface area contributed by atoms with Crippen LogP contribution < -0.4 is 5.32 Å². The van der Waals surface area contributed by atoms with Crippen molar-refractivity contribution < 1.29 is 13.9 Å². The van der Waals surface area contributed by atoms with Crippen LogP contribution in [0.1, 0.15) is 30.0 Å². The molecule has 1 aromatic carbocycles. The summed E-state index contributed by atoms with van der Waals surface area (Å²) in [4.78, 5) is 11.5. The van der Waals surface area contributed by atoms with E-state index in [1.54, 1.807) is 25.3 Å². The lowest BCUT2D eigenvalue weighted by molar-refractivity contribution is 0.0526. The number of hydrogen-bond acceptors (Lipinski definition) is 4. The van der Waals surface area contributed by atoms with Gasteiger partial charge in [0.15, 0.2) is 0 Å². The summed E-state index contributed by atoms with van der Waals surface area (Å²) in [6, 6.07) is 11.4. The SMILES string of the molecule is CCOC(=O)c1ccc(NC(C)Cc2ccco2)cc1. The molecule has 4 nitrogen and oxygen atoms in total. The Kier molecular flexibility index (Phi) is 4.82. The molecule has 0 aliphatic carbocycles. The lowest BCUT2D eigenvalue weighted by Crippen LogP contribution is -2.17. The normalized spacial score (nSPS) is 11.9. The van der Waals surface area contributed by atoms with Crippen molar-refractivity contribution in [3.63, 3.8) is 0 Å². The molecule has 0 bridgehead atoms. The summed E-state index contributed by atoms with van der Waals surface area (Å²) >= 11 is 0. The standard InChI is InChI=1S/C16H19NO3/c1-3-19-16(18)13-6-8-14(9-7-13)17-12(2)11-15-5-4-10-20-15/h4-10,12,17H,3,11H2,1-2H3. The predicted octanol–water partition coefficient (Wildman–Crippen LogP) is 3.50. The highest BCUT2D eigenvalue weighted by atomic mass is 16.5. The van der Waals surface area contributed by atoms with E-state index in [2.05, 4.69) is 12.2 Å². The summed E-state index contributed by atoms with van der Waals surface area (Å²) in [6.07, 6.45) is 2.49. The van der Waals surface area contributed by atoms with E-state index < -0.39 is 0 Å². The van der Waals surface area contributed by atoms with Crippen LogP contribution >= 0.6 is 0 Å². The number of benzene rings is 1. The zero-order valence-electron chi connectivity index (χ0n) is 11.8. The zero-order chi connectivity index (χ0) is 14.4. The molecule has 1 aromatic heterocycles. The first-order valence-electron chi connectivity index (χ1n) is 6.75. The highest BCUT2D eigenvalue weighted by Gasteiger charge is 2.08. The Hall–Kier alpha value is -2.23. The molecule has 20 heavy (non-hydrogen) atoms. The maximum Gasteiger partial charge on any atom is 0.338 e. The van der Waals surface area contributed by atoms with Gasteiger partial charge in [-0.2, -0.15) is 0 Å². The molecular formula is C16H19NO3. The van der Waals surface area contributed by atoms with E-state index in [1.807, 2.05) is 24.3 Å². The molecule has 0 fully saturated rings. The molecule has 0 saturated carbocycles. The van der Waals surface area contributed by atoms with Crippen LogP contribution in [0.25, 0.3) is 0 Å². The molecule has 1 atom stereocenters. The number of carbonyl (C=O) groups is 1. The summed E-state index contributed by atoms with van der Waals surface area (Å²) in [5, 5.41) is 3.37. The van der Waals surface area contributed by atoms with Gasteiger partial charge in [-0.25, -0.2) is 4.79 Å². The van der Waals surface area contributed by atoms with Crippen LogP contribution in [-0.4, -0.2) is 18.6 Å². The fraction of sp³-hybridized carbons (Fsp3) is 0.312. The highest BCUT2D eigenvalue weighted by molar-refractivity contribution is 5.89. The molecule has 2 rings (SSSR count). The maximum absolute atomic E-state index is 11.5. The minimum atomic E-state index is -0.289. The Labute approximate surface area is 118 Å². The smallest absolute Gasteiger partial charge is 0.338 e. The lowest BCUT2D eigenvalue weighted by atomic mass is 10.1. The maximum atomic E-state index is 11.5. The predicted molar refractivity (Wildman–Crippen MR) is 77.9 cm³/mol. The van der Waals surface area contributed by atoms with Crippen LogP contribution in [0.5, 0.6) is 0 Å². The van der Waals surface area contributed by atoms with E-state index in [9.17, 15) is 4.79 Å². The Morgan fingerprint density at radius 3 is 2.65 bits per heavy atom. The third-order valence-corrected chi connectivity index (χ3v) is 2.90. The second-order valence-corrected chi connectivity index (χ2v) is 4.63. The van der Waals surface area contributed by atoms with Crippen LogP contribution in [-0.2, 0) is 11.2 Å². The van der Waals surface area contributed by atoms with Gasteiger partial charge in [0.05, 0.1) is 18.4 Å². The molecule has 0 amide bonds. The molecule has 0 aliphatic heterocycles. The Bertz CT molecular complexity index is 531. The number of esters is 1. The average molecular weight is 273 g/mol. The number of carbonyl (C=O) groups excluding carboxylic acids is 1. The monoisotopic (exact) mass is 273 g/mol. The van der Waals surface area contributed by atoms with Crippen LogP contribution in [0.4, 0.5) is 5.69 Å². The second kappa shape index (κ2) is 6.80. The molecule has 106 valence electrons. The minimum Gasteiger partial charge on any atom is -0.469 e. The topological polar surface area (TPSA) is 51.5 Å². The van der Waals surface area contributed by atoms with Gasteiger partial charge in [0.25, 0.3) is 0 Å². The summed E-state index contributed by atoms with van der Waals surface area (Å²) < 4.78 is 10.3. The molecule has 1 unspecified atom stereocenters. The molecule has 0 aliphatic rings. The third kappa shape index (κ3) is 3.88. The van der Waals surface area contributed by atoms with Crippen molar-refractivity contribution in [2.75, 3.05) is 11.9 Å². The van der Waals surface area contributed by atoms with Gasteiger partial charge in [0.1, 0.15) is 5.76 Å².